The molecule has 0 saturated heterocycles. The lowest BCUT2D eigenvalue weighted by Gasteiger charge is -2.08. The number of rotatable bonds is 4. The Morgan fingerprint density at radius 2 is 1.77 bits per heavy atom. The zero-order valence-electron chi connectivity index (χ0n) is 17.4. The third-order valence-electron chi connectivity index (χ3n) is 5.15. The largest absolute Gasteiger partial charge is 0.452 e. The molecule has 156 valence electrons. The fourth-order valence-electron chi connectivity index (χ4n) is 3.45. The topological polar surface area (TPSA) is 52.6 Å². The number of fused-ring (bicyclic) bond motifs is 1. The van der Waals surface area contributed by atoms with E-state index in [-0.39, 0.29) is 22.9 Å². The van der Waals surface area contributed by atoms with Crippen LogP contribution in [0.3, 0.4) is 0 Å². The van der Waals surface area contributed by atoms with Gasteiger partial charge in [-0.05, 0) is 53.8 Å². The molecule has 0 aromatic heterocycles. The van der Waals surface area contributed by atoms with Gasteiger partial charge in [-0.25, -0.2) is 4.79 Å². The normalized spacial score (nSPS) is 14.0. The van der Waals surface area contributed by atoms with Gasteiger partial charge in [0.15, 0.2) is 5.76 Å². The van der Waals surface area contributed by atoms with Gasteiger partial charge in [0, 0.05) is 6.07 Å². The van der Waals surface area contributed by atoms with E-state index in [0.717, 1.165) is 5.56 Å². The Labute approximate surface area is 186 Å². The number of carbonyl (C=O) groups excluding carboxylic acids is 2. The molecule has 0 N–H and O–H groups in total. The lowest BCUT2D eigenvalue weighted by molar-refractivity contribution is 0.0734. The molecule has 0 unspecified atom stereocenters. The Balaban J connectivity index is 1.59. The second kappa shape index (κ2) is 8.40. The van der Waals surface area contributed by atoms with E-state index in [1.54, 1.807) is 49.4 Å². The van der Waals surface area contributed by atoms with Crippen molar-refractivity contribution in [1.82, 2.24) is 0 Å². The number of hydrogen-bond donors (Lipinski definition) is 0. The summed E-state index contributed by atoms with van der Waals surface area (Å²) in [5.41, 5.74) is 3.52. The Morgan fingerprint density at radius 3 is 2.45 bits per heavy atom. The number of Topliss-reactive ketones (excluding diaryl/α,β-unsaturated/α-hetero) is 1. The maximum atomic E-state index is 12.9. The molecule has 0 radical (unpaired) electrons. The van der Waals surface area contributed by atoms with Gasteiger partial charge in [0.2, 0.25) is 5.78 Å². The molecule has 0 saturated carbocycles. The third kappa shape index (κ3) is 4.25. The first-order valence-corrected chi connectivity index (χ1v) is 10.4. The fraction of sp³-hybridized carbons (Fsp3) is 0.154. The van der Waals surface area contributed by atoms with Gasteiger partial charge in [-0.3, -0.25) is 4.79 Å². The van der Waals surface area contributed by atoms with Crippen molar-refractivity contribution in [3.8, 4) is 11.5 Å². The van der Waals surface area contributed by atoms with Gasteiger partial charge >= 0.3 is 5.97 Å². The zero-order chi connectivity index (χ0) is 22.1. The predicted molar refractivity (Wildman–Crippen MR) is 121 cm³/mol. The zero-order valence-corrected chi connectivity index (χ0v) is 18.2. The van der Waals surface area contributed by atoms with Crippen LogP contribution < -0.4 is 9.47 Å². The number of esters is 1. The van der Waals surface area contributed by atoms with Crippen LogP contribution in [0.5, 0.6) is 11.5 Å². The maximum Gasteiger partial charge on any atom is 0.345 e. The molecule has 5 heteroatoms. The molecule has 1 heterocycles. The van der Waals surface area contributed by atoms with E-state index in [9.17, 15) is 9.59 Å². The Hall–Kier alpha value is -3.37. The number of hydrogen-bond acceptors (Lipinski definition) is 4. The van der Waals surface area contributed by atoms with E-state index < -0.39 is 5.97 Å². The average Bonchev–Trinajstić information content (AvgIpc) is 3.04. The molecule has 3 aromatic carbocycles. The molecule has 4 nitrogen and oxygen atoms in total. The van der Waals surface area contributed by atoms with E-state index >= 15 is 0 Å². The Bertz CT molecular complexity index is 1210. The molecule has 3 aromatic rings. The van der Waals surface area contributed by atoms with E-state index in [0.29, 0.717) is 27.8 Å². The van der Waals surface area contributed by atoms with E-state index in [2.05, 4.69) is 13.8 Å². The highest BCUT2D eigenvalue weighted by Crippen LogP contribution is 2.38. The summed E-state index contributed by atoms with van der Waals surface area (Å²) in [6, 6.07) is 17.9. The molecule has 0 amide bonds. The van der Waals surface area contributed by atoms with Crippen LogP contribution in [-0.4, -0.2) is 11.8 Å². The van der Waals surface area contributed by atoms with Crippen LogP contribution in [0.2, 0.25) is 5.02 Å². The summed E-state index contributed by atoms with van der Waals surface area (Å²) in [5, 5.41) is 0.311. The Morgan fingerprint density at radius 1 is 1.06 bits per heavy atom. The Kier molecular flexibility index (Phi) is 5.66. The molecular formula is C26H21ClO4. The fourth-order valence-corrected chi connectivity index (χ4v) is 3.67. The summed E-state index contributed by atoms with van der Waals surface area (Å²) in [6.45, 7) is 6.05. The van der Waals surface area contributed by atoms with Crippen LogP contribution in [0, 0.1) is 6.92 Å². The summed E-state index contributed by atoms with van der Waals surface area (Å²) in [5.74, 6) is 0.572. The third-order valence-corrected chi connectivity index (χ3v) is 5.48. The number of aryl methyl sites for hydroxylation is 1. The first-order valence-electron chi connectivity index (χ1n) is 9.99. The molecule has 31 heavy (non-hydrogen) atoms. The van der Waals surface area contributed by atoms with Gasteiger partial charge in [0.05, 0.1) is 16.1 Å². The number of carbonyl (C=O) groups is 2. The van der Waals surface area contributed by atoms with Gasteiger partial charge < -0.3 is 9.47 Å². The van der Waals surface area contributed by atoms with Crippen molar-refractivity contribution in [3.05, 3.63) is 99.3 Å². The minimum atomic E-state index is -0.574. The van der Waals surface area contributed by atoms with Crippen LogP contribution in [0.1, 0.15) is 57.2 Å². The first-order chi connectivity index (χ1) is 14.8. The molecule has 4 rings (SSSR count). The number of benzene rings is 3. The van der Waals surface area contributed by atoms with Crippen molar-refractivity contribution in [2.45, 2.75) is 26.7 Å². The van der Waals surface area contributed by atoms with Gasteiger partial charge in [0.25, 0.3) is 0 Å². The standard InChI is InChI=1S/C26H21ClO4/c1-15(2)18-10-8-17(9-11-18)13-23-25(28)24-16(3)12-19(14-22(24)31-23)30-26(29)20-6-4-5-7-21(20)27/h4-15H,1-3H3/b23-13-. The van der Waals surface area contributed by atoms with Crippen molar-refractivity contribution < 1.29 is 19.1 Å². The molecule has 1 aliphatic heterocycles. The summed E-state index contributed by atoms with van der Waals surface area (Å²) < 4.78 is 11.3. The summed E-state index contributed by atoms with van der Waals surface area (Å²) in [4.78, 5) is 25.3. The molecule has 1 aliphatic rings. The van der Waals surface area contributed by atoms with Crippen molar-refractivity contribution in [2.75, 3.05) is 0 Å². The van der Waals surface area contributed by atoms with Crippen LogP contribution >= 0.6 is 11.6 Å². The summed E-state index contributed by atoms with van der Waals surface area (Å²) in [6.07, 6.45) is 1.72. The highest BCUT2D eigenvalue weighted by Gasteiger charge is 2.30. The predicted octanol–water partition coefficient (Wildman–Crippen LogP) is 6.61. The van der Waals surface area contributed by atoms with Crippen molar-refractivity contribution in [1.29, 1.82) is 0 Å². The van der Waals surface area contributed by atoms with Crippen LogP contribution in [0.4, 0.5) is 0 Å². The number of ketones is 1. The van der Waals surface area contributed by atoms with Gasteiger partial charge in [-0.1, -0.05) is 61.8 Å². The number of ether oxygens (including phenoxy) is 2. The second-order valence-corrected chi connectivity index (χ2v) is 8.15. The summed E-state index contributed by atoms with van der Waals surface area (Å²) >= 11 is 6.07. The smallest absolute Gasteiger partial charge is 0.345 e. The lowest BCUT2D eigenvalue weighted by atomic mass is 10.0. The highest BCUT2D eigenvalue weighted by molar-refractivity contribution is 6.33. The average molecular weight is 433 g/mol. The minimum Gasteiger partial charge on any atom is -0.452 e. The van der Waals surface area contributed by atoms with E-state index in [1.165, 1.54) is 5.56 Å². The molecule has 0 spiro atoms. The van der Waals surface area contributed by atoms with Crippen LogP contribution in [0.25, 0.3) is 6.08 Å². The van der Waals surface area contributed by atoms with Gasteiger partial charge in [0.1, 0.15) is 11.5 Å². The van der Waals surface area contributed by atoms with Crippen molar-refractivity contribution >= 4 is 29.4 Å². The molecule has 0 fully saturated rings. The highest BCUT2D eigenvalue weighted by atomic mass is 35.5. The monoisotopic (exact) mass is 432 g/mol. The quantitative estimate of drug-likeness (QED) is 0.264. The SMILES string of the molecule is Cc1cc(OC(=O)c2ccccc2Cl)cc2c1C(=O)/C(=C/c1ccc(C(C)C)cc1)O2. The minimum absolute atomic E-state index is 0.190. The number of allylic oxidation sites excluding steroid dienone is 1. The first kappa shape index (κ1) is 20.9. The van der Waals surface area contributed by atoms with E-state index in [4.69, 9.17) is 21.1 Å². The number of halogens is 1. The maximum absolute atomic E-state index is 12.9. The van der Waals surface area contributed by atoms with E-state index in [1.807, 2.05) is 24.3 Å². The van der Waals surface area contributed by atoms with Crippen molar-refractivity contribution in [2.24, 2.45) is 0 Å². The lowest BCUT2D eigenvalue weighted by Crippen LogP contribution is -2.09. The van der Waals surface area contributed by atoms with Crippen LogP contribution in [0.15, 0.2) is 66.4 Å². The molecule has 0 bridgehead atoms. The van der Waals surface area contributed by atoms with Crippen LogP contribution in [-0.2, 0) is 0 Å². The van der Waals surface area contributed by atoms with Crippen molar-refractivity contribution in [3.63, 3.8) is 0 Å². The van der Waals surface area contributed by atoms with Gasteiger partial charge in [-0.15, -0.1) is 0 Å². The molecule has 0 atom stereocenters. The molecule has 0 aliphatic carbocycles. The molecular weight excluding hydrogens is 412 g/mol. The second-order valence-electron chi connectivity index (χ2n) is 7.74. The van der Waals surface area contributed by atoms with Gasteiger partial charge in [-0.2, -0.15) is 0 Å². The summed E-state index contributed by atoms with van der Waals surface area (Å²) in [7, 11) is 0.